The molecule has 1 aromatic carbocycles. The number of carboxylic acids is 1. The Labute approximate surface area is 117 Å². The van der Waals surface area contributed by atoms with Gasteiger partial charge in [0.05, 0.1) is 15.7 Å². The summed E-state index contributed by atoms with van der Waals surface area (Å²) in [6.07, 6.45) is 0. The SMILES string of the molecule is O=C(O)c1cc(O)cc(=O)n1-c1ccc(Cl)c(Cl)c1. The highest BCUT2D eigenvalue weighted by atomic mass is 35.5. The third-order valence-electron chi connectivity index (χ3n) is 2.40. The Morgan fingerprint density at radius 2 is 1.79 bits per heavy atom. The summed E-state index contributed by atoms with van der Waals surface area (Å²) >= 11 is 11.6. The molecule has 1 aromatic heterocycles. The number of carbonyl (C=O) groups is 1. The van der Waals surface area contributed by atoms with E-state index in [0.717, 1.165) is 16.7 Å². The van der Waals surface area contributed by atoms with Crippen LogP contribution in [0.3, 0.4) is 0 Å². The summed E-state index contributed by atoms with van der Waals surface area (Å²) in [4.78, 5) is 22.9. The standard InChI is InChI=1S/C12H7Cl2NO4/c13-8-2-1-6(3-9(8)14)15-10(12(18)19)4-7(16)5-11(15)17/h1-5,16H,(H,18,19). The normalized spacial score (nSPS) is 10.4. The minimum atomic E-state index is -1.35. The number of halogens is 2. The number of hydrogen-bond donors (Lipinski definition) is 2. The number of pyridine rings is 1. The highest BCUT2D eigenvalue weighted by Crippen LogP contribution is 2.25. The highest BCUT2D eigenvalue weighted by molar-refractivity contribution is 6.42. The number of carboxylic acid groups (broad SMARTS) is 1. The summed E-state index contributed by atoms with van der Waals surface area (Å²) in [5.74, 6) is -1.77. The van der Waals surface area contributed by atoms with Gasteiger partial charge in [0.15, 0.2) is 0 Å². The van der Waals surface area contributed by atoms with Crippen LogP contribution in [0.4, 0.5) is 0 Å². The van der Waals surface area contributed by atoms with Gasteiger partial charge in [0, 0.05) is 12.1 Å². The molecule has 0 unspecified atom stereocenters. The maximum atomic E-state index is 11.8. The van der Waals surface area contributed by atoms with Gasteiger partial charge in [-0.25, -0.2) is 4.79 Å². The molecule has 0 saturated carbocycles. The van der Waals surface area contributed by atoms with E-state index in [4.69, 9.17) is 28.3 Å². The number of aromatic hydroxyl groups is 1. The number of aromatic nitrogens is 1. The van der Waals surface area contributed by atoms with Crippen molar-refractivity contribution < 1.29 is 15.0 Å². The summed E-state index contributed by atoms with van der Waals surface area (Å²) in [5, 5.41) is 18.8. The van der Waals surface area contributed by atoms with Crippen molar-refractivity contribution in [3.63, 3.8) is 0 Å². The minimum absolute atomic E-state index is 0.190. The third-order valence-corrected chi connectivity index (χ3v) is 3.14. The molecule has 19 heavy (non-hydrogen) atoms. The average Bonchev–Trinajstić information content (AvgIpc) is 2.32. The molecule has 5 nitrogen and oxygen atoms in total. The van der Waals surface area contributed by atoms with Crippen molar-refractivity contribution in [1.29, 1.82) is 0 Å². The number of nitrogens with zero attached hydrogens (tertiary/aromatic N) is 1. The van der Waals surface area contributed by atoms with Crippen molar-refractivity contribution in [3.8, 4) is 11.4 Å². The predicted octanol–water partition coefficient (Wildman–Crippen LogP) is 2.55. The average molecular weight is 300 g/mol. The van der Waals surface area contributed by atoms with Crippen LogP contribution in [0, 0.1) is 0 Å². The molecule has 0 atom stereocenters. The molecule has 0 aliphatic heterocycles. The second-order valence-corrected chi connectivity index (χ2v) is 4.49. The van der Waals surface area contributed by atoms with Gasteiger partial charge in [0.25, 0.3) is 5.56 Å². The molecule has 0 saturated heterocycles. The second-order valence-electron chi connectivity index (χ2n) is 3.68. The molecule has 98 valence electrons. The Kier molecular flexibility index (Phi) is 3.50. The van der Waals surface area contributed by atoms with Gasteiger partial charge in [-0.3, -0.25) is 9.36 Å². The van der Waals surface area contributed by atoms with Gasteiger partial charge >= 0.3 is 5.97 Å². The van der Waals surface area contributed by atoms with E-state index in [9.17, 15) is 14.7 Å². The van der Waals surface area contributed by atoms with Gasteiger partial charge in [0.1, 0.15) is 11.4 Å². The Morgan fingerprint density at radius 1 is 1.11 bits per heavy atom. The van der Waals surface area contributed by atoms with E-state index in [1.54, 1.807) is 0 Å². The minimum Gasteiger partial charge on any atom is -0.508 e. The number of rotatable bonds is 2. The zero-order valence-corrected chi connectivity index (χ0v) is 10.8. The van der Waals surface area contributed by atoms with Crippen LogP contribution >= 0.6 is 23.2 Å². The van der Waals surface area contributed by atoms with E-state index in [-0.39, 0.29) is 21.4 Å². The van der Waals surface area contributed by atoms with Gasteiger partial charge in [-0.1, -0.05) is 23.2 Å². The maximum absolute atomic E-state index is 11.8. The van der Waals surface area contributed by atoms with Crippen LogP contribution in [-0.2, 0) is 0 Å². The molecule has 0 aliphatic carbocycles. The van der Waals surface area contributed by atoms with Crippen LogP contribution in [0.25, 0.3) is 5.69 Å². The lowest BCUT2D eigenvalue weighted by molar-refractivity contribution is 0.0686. The molecule has 0 amide bonds. The van der Waals surface area contributed by atoms with Crippen LogP contribution in [0.2, 0.25) is 10.0 Å². The van der Waals surface area contributed by atoms with Crippen molar-refractivity contribution in [2.24, 2.45) is 0 Å². The second kappa shape index (κ2) is 4.95. The van der Waals surface area contributed by atoms with Crippen LogP contribution < -0.4 is 5.56 Å². The Hall–Kier alpha value is -1.98. The predicted molar refractivity (Wildman–Crippen MR) is 70.7 cm³/mol. The van der Waals surface area contributed by atoms with Gasteiger partial charge in [-0.2, -0.15) is 0 Å². The molecule has 0 fully saturated rings. The van der Waals surface area contributed by atoms with E-state index in [1.807, 2.05) is 0 Å². The summed E-state index contributed by atoms with van der Waals surface area (Å²) in [7, 11) is 0. The maximum Gasteiger partial charge on any atom is 0.353 e. The van der Waals surface area contributed by atoms with E-state index < -0.39 is 17.3 Å². The summed E-state index contributed by atoms with van der Waals surface area (Å²) in [5.41, 5.74) is -0.809. The first-order chi connectivity index (χ1) is 8.90. The molecule has 0 aliphatic rings. The molecule has 2 rings (SSSR count). The van der Waals surface area contributed by atoms with Crippen molar-refractivity contribution in [2.45, 2.75) is 0 Å². The van der Waals surface area contributed by atoms with Crippen molar-refractivity contribution in [1.82, 2.24) is 4.57 Å². The topological polar surface area (TPSA) is 79.5 Å². The number of benzene rings is 1. The van der Waals surface area contributed by atoms with Crippen LogP contribution in [-0.4, -0.2) is 20.7 Å². The molecule has 2 aromatic rings. The fourth-order valence-corrected chi connectivity index (χ4v) is 1.90. The fourth-order valence-electron chi connectivity index (χ4n) is 1.60. The van der Waals surface area contributed by atoms with E-state index in [0.29, 0.717) is 0 Å². The first-order valence-electron chi connectivity index (χ1n) is 5.05. The van der Waals surface area contributed by atoms with Gasteiger partial charge in [-0.05, 0) is 18.2 Å². The first-order valence-corrected chi connectivity index (χ1v) is 5.80. The Balaban J connectivity index is 2.77. The van der Waals surface area contributed by atoms with Crippen LogP contribution in [0.5, 0.6) is 5.75 Å². The van der Waals surface area contributed by atoms with Crippen LogP contribution in [0.15, 0.2) is 35.1 Å². The smallest absolute Gasteiger partial charge is 0.353 e. The van der Waals surface area contributed by atoms with Gasteiger partial charge < -0.3 is 10.2 Å². The van der Waals surface area contributed by atoms with Crippen molar-refractivity contribution >= 4 is 29.2 Å². The highest BCUT2D eigenvalue weighted by Gasteiger charge is 2.15. The molecule has 7 heteroatoms. The van der Waals surface area contributed by atoms with E-state index in [2.05, 4.69) is 0 Å². The number of hydrogen-bond acceptors (Lipinski definition) is 3. The van der Waals surface area contributed by atoms with Gasteiger partial charge in [0.2, 0.25) is 0 Å². The quantitative estimate of drug-likeness (QED) is 0.893. The van der Waals surface area contributed by atoms with Crippen molar-refractivity contribution in [3.05, 3.63) is 56.4 Å². The number of aromatic carboxylic acids is 1. The first kappa shape index (κ1) is 13.5. The van der Waals surface area contributed by atoms with E-state index in [1.165, 1.54) is 18.2 Å². The lowest BCUT2D eigenvalue weighted by atomic mass is 10.2. The Bertz CT molecular complexity index is 724. The molecule has 1 heterocycles. The molecular weight excluding hydrogens is 293 g/mol. The molecule has 0 radical (unpaired) electrons. The van der Waals surface area contributed by atoms with Gasteiger partial charge in [-0.15, -0.1) is 0 Å². The monoisotopic (exact) mass is 299 g/mol. The van der Waals surface area contributed by atoms with Crippen molar-refractivity contribution in [2.75, 3.05) is 0 Å². The van der Waals surface area contributed by atoms with Crippen LogP contribution in [0.1, 0.15) is 10.5 Å². The molecule has 0 bridgehead atoms. The lowest BCUT2D eigenvalue weighted by Crippen LogP contribution is -2.23. The van der Waals surface area contributed by atoms with E-state index >= 15 is 0 Å². The fraction of sp³-hybridized carbons (Fsp3) is 0. The molecular formula is C12H7Cl2NO4. The molecule has 2 N–H and O–H groups in total. The summed E-state index contributed by atoms with van der Waals surface area (Å²) in [6, 6.07) is 6.17. The zero-order chi connectivity index (χ0) is 14.2. The third kappa shape index (κ3) is 2.57. The lowest BCUT2D eigenvalue weighted by Gasteiger charge is -2.10. The largest absolute Gasteiger partial charge is 0.508 e. The molecule has 0 spiro atoms. The summed E-state index contributed by atoms with van der Waals surface area (Å²) in [6.45, 7) is 0. The zero-order valence-electron chi connectivity index (χ0n) is 9.30. The summed E-state index contributed by atoms with van der Waals surface area (Å²) < 4.78 is 0.921. The Morgan fingerprint density at radius 3 is 2.37 bits per heavy atom.